The number of carbonyl (C=O) groups excluding carboxylic acids is 1. The van der Waals surface area contributed by atoms with Gasteiger partial charge in [-0.1, -0.05) is 60.7 Å². The highest BCUT2D eigenvalue weighted by molar-refractivity contribution is 7.92. The maximum atomic E-state index is 13.6. The number of carbonyl (C=O) groups is 1. The smallest absolute Gasteiger partial charge is 0.247 e. The highest BCUT2D eigenvalue weighted by Crippen LogP contribution is 2.38. The van der Waals surface area contributed by atoms with Crippen LogP contribution in [0.4, 0.5) is 0 Å². The van der Waals surface area contributed by atoms with E-state index in [2.05, 4.69) is 18.5 Å². The quantitative estimate of drug-likeness (QED) is 0.549. The summed E-state index contributed by atoms with van der Waals surface area (Å²) in [5.41, 5.74) is 0.321. The van der Waals surface area contributed by atoms with Crippen molar-refractivity contribution in [2.75, 3.05) is 0 Å². The second-order valence-corrected chi connectivity index (χ2v) is 9.36. The lowest BCUT2D eigenvalue weighted by Gasteiger charge is -2.44. The first-order valence-corrected chi connectivity index (χ1v) is 11.1. The molecular formula is C24H25NO3S. The summed E-state index contributed by atoms with van der Waals surface area (Å²) in [7, 11) is -3.71. The Kier molecular flexibility index (Phi) is 6.18. The van der Waals surface area contributed by atoms with E-state index in [-0.39, 0.29) is 17.2 Å². The van der Waals surface area contributed by atoms with Crippen molar-refractivity contribution in [3.8, 4) is 0 Å². The summed E-state index contributed by atoms with van der Waals surface area (Å²) < 4.78 is 27.2. The lowest BCUT2D eigenvalue weighted by atomic mass is 9.80. The van der Waals surface area contributed by atoms with Crippen LogP contribution in [0.1, 0.15) is 24.8 Å². The van der Waals surface area contributed by atoms with Crippen molar-refractivity contribution in [3.63, 3.8) is 0 Å². The molecule has 2 aromatic rings. The van der Waals surface area contributed by atoms with E-state index in [1.165, 1.54) is 0 Å². The molecule has 150 valence electrons. The Labute approximate surface area is 172 Å². The first kappa shape index (κ1) is 20.8. The molecule has 0 aliphatic carbocycles. The van der Waals surface area contributed by atoms with Crippen LogP contribution in [0.25, 0.3) is 6.08 Å². The highest BCUT2D eigenvalue weighted by atomic mass is 32.2. The van der Waals surface area contributed by atoms with Gasteiger partial charge >= 0.3 is 0 Å². The van der Waals surface area contributed by atoms with Crippen molar-refractivity contribution in [1.82, 2.24) is 5.32 Å². The normalized spacial score (nSPS) is 20.1. The molecule has 29 heavy (non-hydrogen) atoms. The molecule has 1 saturated heterocycles. The Morgan fingerprint density at radius 2 is 1.52 bits per heavy atom. The molecule has 1 amide bonds. The molecule has 1 unspecified atom stereocenters. The van der Waals surface area contributed by atoms with Crippen LogP contribution < -0.4 is 5.32 Å². The zero-order chi connectivity index (χ0) is 20.9. The Bertz CT molecular complexity index is 1010. The van der Waals surface area contributed by atoms with Gasteiger partial charge in [0.25, 0.3) is 0 Å². The first-order valence-electron chi connectivity index (χ1n) is 9.52. The minimum Gasteiger partial charge on any atom is -0.345 e. The van der Waals surface area contributed by atoms with E-state index >= 15 is 0 Å². The Morgan fingerprint density at radius 1 is 0.966 bits per heavy atom. The van der Waals surface area contributed by atoms with E-state index in [1.807, 2.05) is 30.3 Å². The van der Waals surface area contributed by atoms with Crippen LogP contribution in [0.2, 0.25) is 0 Å². The molecule has 1 atom stereocenters. The molecule has 1 N–H and O–H groups in total. The number of sulfone groups is 1. The topological polar surface area (TPSA) is 63.2 Å². The standard InChI is InChI=1S/C24H25NO3S/c1-3-15-24(16-4-2)22(29(27,28)21-13-9-6-10-14-21)18-20(23(26)25-24)17-19-11-7-5-8-12-19/h3-14,17,22H,1-2,15-16,18H2,(H,25,26)/b20-17+. The maximum absolute atomic E-state index is 13.6. The third-order valence-corrected chi connectivity index (χ3v) is 7.58. The number of amides is 1. The van der Waals surface area contributed by atoms with Gasteiger partial charge in [0.2, 0.25) is 5.91 Å². The largest absolute Gasteiger partial charge is 0.345 e. The van der Waals surface area contributed by atoms with Crippen LogP contribution in [0.15, 0.2) is 96.4 Å². The van der Waals surface area contributed by atoms with Crippen LogP contribution in [-0.4, -0.2) is 25.1 Å². The van der Waals surface area contributed by atoms with Gasteiger partial charge in [-0.15, -0.1) is 13.2 Å². The molecule has 0 bridgehead atoms. The minimum absolute atomic E-state index is 0.125. The van der Waals surface area contributed by atoms with E-state index < -0.39 is 20.6 Å². The van der Waals surface area contributed by atoms with Crippen molar-refractivity contribution in [1.29, 1.82) is 0 Å². The predicted molar refractivity (Wildman–Crippen MR) is 117 cm³/mol. The van der Waals surface area contributed by atoms with Crippen molar-refractivity contribution >= 4 is 21.8 Å². The Hall–Kier alpha value is -2.92. The molecular weight excluding hydrogens is 382 g/mol. The van der Waals surface area contributed by atoms with Crippen LogP contribution in [0.5, 0.6) is 0 Å². The lowest BCUT2D eigenvalue weighted by molar-refractivity contribution is -0.120. The van der Waals surface area contributed by atoms with Gasteiger partial charge in [-0.05, 0) is 43.0 Å². The van der Waals surface area contributed by atoms with Crippen molar-refractivity contribution in [2.24, 2.45) is 0 Å². The third-order valence-electron chi connectivity index (χ3n) is 5.28. The van der Waals surface area contributed by atoms with Gasteiger partial charge in [0, 0.05) is 5.57 Å². The number of rotatable bonds is 7. The highest BCUT2D eigenvalue weighted by Gasteiger charge is 2.50. The van der Waals surface area contributed by atoms with Gasteiger partial charge in [0.15, 0.2) is 9.84 Å². The van der Waals surface area contributed by atoms with E-state index in [1.54, 1.807) is 48.6 Å². The summed E-state index contributed by atoms with van der Waals surface area (Å²) in [4.78, 5) is 13.2. The summed E-state index contributed by atoms with van der Waals surface area (Å²) in [5, 5.41) is 2.17. The van der Waals surface area contributed by atoms with Gasteiger partial charge in [0.1, 0.15) is 0 Å². The fourth-order valence-corrected chi connectivity index (χ4v) is 6.00. The molecule has 1 fully saturated rings. The number of hydrogen-bond acceptors (Lipinski definition) is 3. The molecule has 1 aliphatic heterocycles. The molecule has 2 aromatic carbocycles. The molecule has 0 radical (unpaired) electrons. The van der Waals surface area contributed by atoms with E-state index in [0.29, 0.717) is 18.4 Å². The molecule has 0 aromatic heterocycles. The lowest BCUT2D eigenvalue weighted by Crippen LogP contribution is -2.62. The molecule has 4 nitrogen and oxygen atoms in total. The van der Waals surface area contributed by atoms with Crippen LogP contribution in [-0.2, 0) is 14.6 Å². The summed E-state index contributed by atoms with van der Waals surface area (Å²) in [6, 6.07) is 17.8. The number of hydrogen-bond donors (Lipinski definition) is 1. The predicted octanol–water partition coefficient (Wildman–Crippen LogP) is 4.32. The molecule has 5 heteroatoms. The van der Waals surface area contributed by atoms with Gasteiger partial charge in [-0.25, -0.2) is 8.42 Å². The summed E-state index contributed by atoms with van der Waals surface area (Å²) in [6.45, 7) is 7.58. The first-order chi connectivity index (χ1) is 13.9. The van der Waals surface area contributed by atoms with Crippen molar-refractivity contribution in [3.05, 3.63) is 97.1 Å². The average molecular weight is 408 g/mol. The van der Waals surface area contributed by atoms with Crippen LogP contribution in [0.3, 0.4) is 0 Å². The second-order valence-electron chi connectivity index (χ2n) is 7.23. The molecule has 0 saturated carbocycles. The summed E-state index contributed by atoms with van der Waals surface area (Å²) in [6.07, 6.45) is 5.86. The zero-order valence-electron chi connectivity index (χ0n) is 16.3. The minimum atomic E-state index is -3.71. The second kappa shape index (κ2) is 8.62. The third kappa shape index (κ3) is 4.25. The number of benzene rings is 2. The zero-order valence-corrected chi connectivity index (χ0v) is 17.1. The van der Waals surface area contributed by atoms with Gasteiger partial charge < -0.3 is 5.32 Å². The number of piperidine rings is 1. The fraction of sp³-hybridized carbons (Fsp3) is 0.208. The monoisotopic (exact) mass is 407 g/mol. The summed E-state index contributed by atoms with van der Waals surface area (Å²) in [5.74, 6) is -0.253. The van der Waals surface area contributed by atoms with E-state index in [4.69, 9.17) is 0 Å². The van der Waals surface area contributed by atoms with Crippen LogP contribution in [0, 0.1) is 0 Å². The van der Waals surface area contributed by atoms with Crippen molar-refractivity contribution < 1.29 is 13.2 Å². The van der Waals surface area contributed by atoms with Gasteiger partial charge in [-0.3, -0.25) is 4.79 Å². The molecule has 1 aliphatic rings. The van der Waals surface area contributed by atoms with E-state index in [9.17, 15) is 13.2 Å². The van der Waals surface area contributed by atoms with Gasteiger partial charge in [-0.2, -0.15) is 0 Å². The molecule has 1 heterocycles. The van der Waals surface area contributed by atoms with Crippen LogP contribution >= 0.6 is 0 Å². The summed E-state index contributed by atoms with van der Waals surface area (Å²) >= 11 is 0. The average Bonchev–Trinajstić information content (AvgIpc) is 2.72. The molecule has 0 spiro atoms. The number of nitrogens with one attached hydrogen (secondary N) is 1. The van der Waals surface area contributed by atoms with E-state index in [0.717, 1.165) is 5.56 Å². The Balaban J connectivity index is 2.12. The fourth-order valence-electron chi connectivity index (χ4n) is 3.89. The van der Waals surface area contributed by atoms with Crippen molar-refractivity contribution in [2.45, 2.75) is 34.9 Å². The Morgan fingerprint density at radius 3 is 2.07 bits per heavy atom. The molecule has 3 rings (SSSR count). The maximum Gasteiger partial charge on any atom is 0.247 e. The SMILES string of the molecule is C=CCC1(CC=C)NC(=O)/C(=C/c2ccccc2)CC1S(=O)(=O)c1ccccc1. The van der Waals surface area contributed by atoms with Gasteiger partial charge in [0.05, 0.1) is 15.7 Å².